The maximum Gasteiger partial charge on any atom is 0.255 e. The molecule has 0 atom stereocenters. The number of amides is 3. The lowest BCUT2D eigenvalue weighted by molar-refractivity contribution is -0.130. The van der Waals surface area contributed by atoms with Crippen LogP contribution >= 0.6 is 0 Å². The highest BCUT2D eigenvalue weighted by Crippen LogP contribution is 2.25. The SMILES string of the molecule is O=C1CCC(=O)N(c2ccc(C(=O)Nc3ccc4c(c3F)CCNC4)cc2)N1. The summed E-state index contributed by atoms with van der Waals surface area (Å²) in [4.78, 5) is 35.9. The smallest absolute Gasteiger partial charge is 0.255 e. The molecule has 0 aliphatic carbocycles. The monoisotopic (exact) mass is 382 g/mol. The Labute approximate surface area is 160 Å². The van der Waals surface area contributed by atoms with E-state index < -0.39 is 11.7 Å². The zero-order valence-corrected chi connectivity index (χ0v) is 15.0. The van der Waals surface area contributed by atoms with Gasteiger partial charge in [-0.1, -0.05) is 6.07 Å². The normalized spacial score (nSPS) is 16.4. The molecule has 3 N–H and O–H groups in total. The highest BCUT2D eigenvalue weighted by atomic mass is 19.1. The third-order valence-corrected chi connectivity index (χ3v) is 4.90. The van der Waals surface area contributed by atoms with E-state index >= 15 is 0 Å². The van der Waals surface area contributed by atoms with Gasteiger partial charge in [0.15, 0.2) is 0 Å². The molecule has 0 saturated carbocycles. The molecule has 0 spiro atoms. The summed E-state index contributed by atoms with van der Waals surface area (Å²) in [7, 11) is 0. The Morgan fingerprint density at radius 3 is 2.61 bits per heavy atom. The summed E-state index contributed by atoms with van der Waals surface area (Å²) < 4.78 is 14.7. The number of nitrogens with zero attached hydrogens (tertiary/aromatic N) is 1. The fourth-order valence-electron chi connectivity index (χ4n) is 3.37. The number of benzene rings is 2. The van der Waals surface area contributed by atoms with Crippen LogP contribution in [0.2, 0.25) is 0 Å². The largest absolute Gasteiger partial charge is 0.319 e. The summed E-state index contributed by atoms with van der Waals surface area (Å²) in [6.07, 6.45) is 0.884. The van der Waals surface area contributed by atoms with Gasteiger partial charge in [0.1, 0.15) is 5.82 Å². The van der Waals surface area contributed by atoms with Crippen LogP contribution in [0.5, 0.6) is 0 Å². The Kier molecular flexibility index (Phi) is 4.79. The Bertz CT molecular complexity index is 959. The van der Waals surface area contributed by atoms with Crippen LogP contribution in [0.4, 0.5) is 15.8 Å². The van der Waals surface area contributed by atoms with Crippen molar-refractivity contribution in [1.29, 1.82) is 0 Å². The van der Waals surface area contributed by atoms with Crippen LogP contribution < -0.4 is 21.1 Å². The van der Waals surface area contributed by atoms with Crippen molar-refractivity contribution in [3.05, 3.63) is 58.9 Å². The van der Waals surface area contributed by atoms with Crippen LogP contribution in [0, 0.1) is 5.82 Å². The van der Waals surface area contributed by atoms with Gasteiger partial charge in [-0.15, -0.1) is 0 Å². The highest BCUT2D eigenvalue weighted by Gasteiger charge is 2.24. The number of hydrogen-bond acceptors (Lipinski definition) is 4. The predicted octanol–water partition coefficient (Wildman–Crippen LogP) is 1.88. The third-order valence-electron chi connectivity index (χ3n) is 4.90. The van der Waals surface area contributed by atoms with Crippen molar-refractivity contribution >= 4 is 29.1 Å². The Morgan fingerprint density at radius 2 is 1.82 bits per heavy atom. The Morgan fingerprint density at radius 1 is 1.04 bits per heavy atom. The van der Waals surface area contributed by atoms with E-state index in [2.05, 4.69) is 16.1 Å². The minimum absolute atomic E-state index is 0.140. The summed E-state index contributed by atoms with van der Waals surface area (Å²) in [5.74, 6) is -1.30. The van der Waals surface area contributed by atoms with Gasteiger partial charge < -0.3 is 10.6 Å². The van der Waals surface area contributed by atoms with Crippen LogP contribution in [0.25, 0.3) is 0 Å². The van der Waals surface area contributed by atoms with E-state index in [1.807, 2.05) is 6.07 Å². The lowest BCUT2D eigenvalue weighted by Crippen LogP contribution is -2.50. The van der Waals surface area contributed by atoms with Crippen LogP contribution in [-0.2, 0) is 22.6 Å². The zero-order valence-electron chi connectivity index (χ0n) is 15.0. The maximum atomic E-state index is 14.7. The summed E-state index contributed by atoms with van der Waals surface area (Å²) in [5.41, 5.74) is 4.95. The number of carbonyl (C=O) groups is 3. The van der Waals surface area contributed by atoms with E-state index in [1.54, 1.807) is 18.2 Å². The Balaban J connectivity index is 1.50. The van der Waals surface area contributed by atoms with Gasteiger partial charge in [-0.05, 0) is 54.4 Å². The molecule has 2 aromatic rings. The molecule has 2 heterocycles. The number of nitrogens with one attached hydrogen (secondary N) is 3. The molecular weight excluding hydrogens is 363 g/mol. The van der Waals surface area contributed by atoms with Gasteiger partial charge in [0, 0.05) is 24.9 Å². The third kappa shape index (κ3) is 3.46. The first-order valence-electron chi connectivity index (χ1n) is 9.08. The molecule has 0 bridgehead atoms. The number of hydrazine groups is 1. The lowest BCUT2D eigenvalue weighted by Gasteiger charge is -2.27. The van der Waals surface area contributed by atoms with Gasteiger partial charge in [0.05, 0.1) is 11.4 Å². The van der Waals surface area contributed by atoms with Crippen LogP contribution in [-0.4, -0.2) is 24.3 Å². The molecule has 7 nitrogen and oxygen atoms in total. The molecule has 4 rings (SSSR count). The van der Waals surface area contributed by atoms with Crippen molar-refractivity contribution in [1.82, 2.24) is 10.7 Å². The number of anilines is 2. The number of carbonyl (C=O) groups excluding carboxylic acids is 3. The van der Waals surface area contributed by atoms with Gasteiger partial charge in [-0.25, -0.2) is 9.40 Å². The molecule has 1 fully saturated rings. The van der Waals surface area contributed by atoms with Gasteiger partial charge in [0.25, 0.3) is 5.91 Å². The van der Waals surface area contributed by atoms with Crippen LogP contribution in [0.1, 0.15) is 34.3 Å². The van der Waals surface area contributed by atoms with Crippen molar-refractivity contribution in [2.45, 2.75) is 25.8 Å². The molecular formula is C20H19FN4O3. The summed E-state index contributed by atoms with van der Waals surface area (Å²) in [6.45, 7) is 1.32. The van der Waals surface area contributed by atoms with E-state index in [0.29, 0.717) is 36.3 Å². The van der Waals surface area contributed by atoms with Crippen molar-refractivity contribution in [3.8, 4) is 0 Å². The average molecular weight is 382 g/mol. The summed E-state index contributed by atoms with van der Waals surface area (Å²) in [5, 5.41) is 6.96. The first-order valence-corrected chi connectivity index (χ1v) is 9.08. The fraction of sp³-hybridized carbons (Fsp3) is 0.250. The molecule has 2 aliphatic heterocycles. The second-order valence-electron chi connectivity index (χ2n) is 6.76. The fourth-order valence-corrected chi connectivity index (χ4v) is 3.37. The van der Waals surface area contributed by atoms with Crippen molar-refractivity contribution in [3.63, 3.8) is 0 Å². The quantitative estimate of drug-likeness (QED) is 0.756. The molecule has 2 aromatic carbocycles. The van der Waals surface area contributed by atoms with Gasteiger partial charge in [-0.3, -0.25) is 19.8 Å². The van der Waals surface area contributed by atoms with Crippen molar-refractivity contribution < 1.29 is 18.8 Å². The van der Waals surface area contributed by atoms with Gasteiger partial charge in [0.2, 0.25) is 11.8 Å². The summed E-state index contributed by atoms with van der Waals surface area (Å²) >= 11 is 0. The number of hydrogen-bond donors (Lipinski definition) is 3. The molecule has 144 valence electrons. The number of halogens is 1. The molecule has 28 heavy (non-hydrogen) atoms. The first-order chi connectivity index (χ1) is 13.5. The molecule has 0 aromatic heterocycles. The number of fused-ring (bicyclic) bond motifs is 1. The minimum atomic E-state index is -0.451. The standard InChI is InChI=1S/C20H19FN4O3/c21-19-15-9-10-22-11-13(15)3-6-16(19)23-20(28)12-1-4-14(5-2-12)25-18(27)8-7-17(26)24-25/h1-6,22H,7-11H2,(H,23,28)(H,24,26). The molecule has 2 aliphatic rings. The van der Waals surface area contributed by atoms with E-state index in [-0.39, 0.29) is 30.3 Å². The van der Waals surface area contributed by atoms with Gasteiger partial charge in [-0.2, -0.15) is 0 Å². The van der Waals surface area contributed by atoms with E-state index in [4.69, 9.17) is 0 Å². The average Bonchev–Trinajstić information content (AvgIpc) is 2.72. The van der Waals surface area contributed by atoms with Crippen molar-refractivity contribution in [2.75, 3.05) is 16.9 Å². The Hall–Kier alpha value is -3.26. The number of rotatable bonds is 3. The molecule has 8 heteroatoms. The van der Waals surface area contributed by atoms with Crippen LogP contribution in [0.3, 0.4) is 0 Å². The van der Waals surface area contributed by atoms with Gasteiger partial charge >= 0.3 is 0 Å². The summed E-state index contributed by atoms with van der Waals surface area (Å²) in [6, 6.07) is 9.56. The van der Waals surface area contributed by atoms with Crippen molar-refractivity contribution in [2.24, 2.45) is 0 Å². The first kappa shape index (κ1) is 18.1. The van der Waals surface area contributed by atoms with E-state index in [1.165, 1.54) is 17.1 Å². The molecule has 3 amide bonds. The predicted molar refractivity (Wildman–Crippen MR) is 101 cm³/mol. The minimum Gasteiger partial charge on any atom is -0.319 e. The van der Waals surface area contributed by atoms with Crippen LogP contribution in [0.15, 0.2) is 36.4 Å². The maximum absolute atomic E-state index is 14.7. The molecule has 1 saturated heterocycles. The molecule has 0 radical (unpaired) electrons. The molecule has 0 unspecified atom stereocenters. The van der Waals surface area contributed by atoms with E-state index in [9.17, 15) is 18.8 Å². The van der Waals surface area contributed by atoms with E-state index in [0.717, 1.165) is 5.56 Å². The zero-order chi connectivity index (χ0) is 19.7. The second kappa shape index (κ2) is 7.40. The topological polar surface area (TPSA) is 90.5 Å². The highest BCUT2D eigenvalue weighted by molar-refractivity contribution is 6.05. The second-order valence-corrected chi connectivity index (χ2v) is 6.76. The lowest BCUT2D eigenvalue weighted by atomic mass is 9.99.